The molecule has 4 heterocycles. The molecule has 18 N–H and O–H groups in total. The van der Waals surface area contributed by atoms with Crippen LogP contribution in [0.3, 0.4) is 0 Å². The van der Waals surface area contributed by atoms with Gasteiger partial charge < -0.3 is 109 Å². The van der Waals surface area contributed by atoms with Crippen LogP contribution in [0.1, 0.15) is 114 Å². The minimum atomic E-state index is -1.74. The van der Waals surface area contributed by atoms with Crippen LogP contribution in [0.5, 0.6) is 0 Å². The minimum absolute atomic E-state index is 0.00356. The van der Waals surface area contributed by atoms with Crippen molar-refractivity contribution < 1.29 is 86.8 Å². The number of hydrogen-bond acceptors (Lipinski definition) is 24. The van der Waals surface area contributed by atoms with Gasteiger partial charge in [-0.25, -0.2) is 4.79 Å². The third-order valence-corrected chi connectivity index (χ3v) is 21.7. The molecule has 0 unspecified atom stereocenters. The number of nitrogens with two attached hydrogens (primary N) is 3. The summed E-state index contributed by atoms with van der Waals surface area (Å²) in [6.07, 6.45) is 0.600. The number of unbranched alkanes of at least 4 members (excludes halogenated alkanes) is 1. The number of carbonyl (C=O) groups is 13. The van der Waals surface area contributed by atoms with Crippen LogP contribution in [0, 0.1) is 5.92 Å². The molecule has 4 aliphatic rings. The van der Waals surface area contributed by atoms with Gasteiger partial charge in [0.2, 0.25) is 70.9 Å². The number of hydrogen-bond donors (Lipinski definition) is 15. The topological polar surface area (TPSA) is 501 Å². The Labute approximate surface area is 670 Å². The van der Waals surface area contributed by atoms with E-state index in [1.807, 2.05) is 41.0 Å². The van der Waals surface area contributed by atoms with Gasteiger partial charge in [0.15, 0.2) is 0 Å². The number of amides is 12. The summed E-state index contributed by atoms with van der Waals surface area (Å²) in [7, 11) is 0. The van der Waals surface area contributed by atoms with Gasteiger partial charge in [0.1, 0.15) is 48.3 Å². The molecular weight excluding hydrogens is 1500 g/mol. The van der Waals surface area contributed by atoms with E-state index in [9.17, 15) is 67.7 Å². The van der Waals surface area contributed by atoms with E-state index in [0.717, 1.165) is 11.1 Å². The number of piperazine rings is 1. The van der Waals surface area contributed by atoms with Gasteiger partial charge in [-0.05, 0) is 75.0 Å². The van der Waals surface area contributed by atoms with Crippen molar-refractivity contribution >= 4 is 100 Å². The van der Waals surface area contributed by atoms with Crippen molar-refractivity contribution in [3.63, 3.8) is 0 Å². The first-order chi connectivity index (χ1) is 54.5. The molecule has 37 heteroatoms. The maximum Gasteiger partial charge on any atom is 0.327 e. The van der Waals surface area contributed by atoms with Gasteiger partial charge in [0.25, 0.3) is 0 Å². The van der Waals surface area contributed by atoms with Gasteiger partial charge in [-0.15, -0.1) is 0 Å². The summed E-state index contributed by atoms with van der Waals surface area (Å²) in [5.41, 5.74) is 18.9. The van der Waals surface area contributed by atoms with Gasteiger partial charge in [-0.2, -0.15) is 23.5 Å². The number of primary amides is 1. The summed E-state index contributed by atoms with van der Waals surface area (Å²) in [5, 5.41) is 49.5. The molecule has 2 aromatic carbocycles. The zero-order chi connectivity index (χ0) is 81.9. The number of benzene rings is 2. The van der Waals surface area contributed by atoms with E-state index < -0.39 is 120 Å². The van der Waals surface area contributed by atoms with Gasteiger partial charge in [0.05, 0.1) is 45.0 Å². The summed E-state index contributed by atoms with van der Waals surface area (Å²) in [6, 6.07) is 5.18. The van der Waals surface area contributed by atoms with E-state index in [-0.39, 0.29) is 106 Å². The molecule has 4 aliphatic heterocycles. The fourth-order valence-electron chi connectivity index (χ4n) is 13.3. The number of nitrogens with zero attached hydrogens (tertiary/aromatic N) is 4. The van der Waals surface area contributed by atoms with E-state index in [4.69, 9.17) is 31.4 Å². The number of aliphatic hydroxyl groups excluding tert-OH is 1. The fraction of sp³-hybridized carbons (Fsp3) is 0.671. The first-order valence-corrected chi connectivity index (χ1v) is 41.8. The van der Waals surface area contributed by atoms with E-state index in [2.05, 4.69) is 53.2 Å². The van der Waals surface area contributed by atoms with Crippen LogP contribution < -0.4 is 70.4 Å². The Kier molecular flexibility index (Phi) is 43.5. The van der Waals surface area contributed by atoms with Crippen molar-refractivity contribution in [1.29, 1.82) is 0 Å². The van der Waals surface area contributed by atoms with Crippen LogP contribution in [0.15, 0.2) is 54.6 Å². The second-order valence-corrected chi connectivity index (χ2v) is 30.6. The Bertz CT molecular complexity index is 3360. The van der Waals surface area contributed by atoms with Crippen molar-refractivity contribution in [2.24, 2.45) is 23.1 Å². The molecule has 0 saturated carbocycles. The number of rotatable bonds is 41. The highest BCUT2D eigenvalue weighted by Crippen LogP contribution is 2.28. The normalized spacial score (nSPS) is 21.3. The van der Waals surface area contributed by atoms with Crippen LogP contribution >= 0.6 is 23.5 Å². The zero-order valence-electron chi connectivity index (χ0n) is 65.3. The lowest BCUT2D eigenvalue weighted by molar-refractivity contribution is -0.148. The Hall–Kier alpha value is -8.11. The second-order valence-electron chi connectivity index (χ2n) is 28.5. The molecule has 35 nitrogen and oxygen atoms in total. The number of carboxylic acids is 1. The number of aliphatic hydroxyl groups is 1. The fourth-order valence-corrected chi connectivity index (χ4v) is 15.3. The number of thioether (sulfide) groups is 2. The average molecular weight is 1630 g/mol. The molecule has 3 fully saturated rings. The summed E-state index contributed by atoms with van der Waals surface area (Å²) >= 11 is 2.54. The molecule has 0 radical (unpaired) electrons. The molecule has 0 aliphatic carbocycles. The molecule has 2 aromatic rings. The lowest BCUT2D eigenvalue weighted by Crippen LogP contribution is -2.61. The maximum absolute atomic E-state index is 15.1. The maximum atomic E-state index is 15.1. The summed E-state index contributed by atoms with van der Waals surface area (Å²) in [5.74, 6) is -8.41. The monoisotopic (exact) mass is 1620 g/mol. The lowest BCUT2D eigenvalue weighted by atomic mass is 10.0. The Morgan fingerprint density at radius 2 is 1.19 bits per heavy atom. The van der Waals surface area contributed by atoms with E-state index in [0.29, 0.717) is 167 Å². The standard InChI is InChI=1S/C76H121N17O18S2/c1-3-4-17-56(84-65(97)23-22-64(96)82-26-11-36-109-38-40-111-41-39-110-37-12-27-83-66(98)46-90-32-34-91(35-33-90)73(104)55(44-80-28-24-77)45-81-29-25-78)68(99)87-59-49-112-47-53-15-8-16-54(42-53)48-113-50-60(76(107)108)88-70(101)58(43-52-13-6-5-7-14-52)86-69(100)57(20-21-63(79)95)85-72(103)67(51(2)94)89-71(102)61-18-9-30-92(61)75(106)62-19-10-31-93(62)74(59)105/h5-8,13-16,42,51,55-62,67,80-81,94H,3-4,9-12,17-41,43-50,77-78H2,1-2H3,(H2,79,95)(H,82,96)(H,83,98)(H,84,97)(H,85,103)(H,86,100)(H,87,99)(H,88,101)(H,89,102)(H,107,108)/t51-,56+,57+,58+,59+,60+,61+,62+,67+/m1/s1. The largest absolute Gasteiger partial charge is 0.480 e. The van der Waals surface area contributed by atoms with Crippen molar-refractivity contribution in [3.05, 3.63) is 71.3 Å². The summed E-state index contributed by atoms with van der Waals surface area (Å²) in [4.78, 5) is 185. The first-order valence-electron chi connectivity index (χ1n) is 39.5. The molecule has 630 valence electrons. The Balaban J connectivity index is 0.985. The first kappa shape index (κ1) is 93.7. The highest BCUT2D eigenvalue weighted by molar-refractivity contribution is 7.98. The predicted octanol–water partition coefficient (Wildman–Crippen LogP) is -3.08. The number of carboxylic acid groups (broad SMARTS) is 1. The molecular formula is C76H121N17O18S2. The van der Waals surface area contributed by atoms with E-state index >= 15 is 4.79 Å². The lowest BCUT2D eigenvalue weighted by Gasteiger charge is -2.36. The molecule has 3 saturated heterocycles. The quantitative estimate of drug-likeness (QED) is 0.0294. The summed E-state index contributed by atoms with van der Waals surface area (Å²) in [6.45, 7) is 12.0. The Morgan fingerprint density at radius 1 is 0.619 bits per heavy atom. The van der Waals surface area contributed by atoms with Crippen molar-refractivity contribution in [2.45, 2.75) is 170 Å². The van der Waals surface area contributed by atoms with Crippen LogP contribution in [0.4, 0.5) is 0 Å². The molecule has 2 bridgehead atoms. The molecule has 6 rings (SSSR count). The minimum Gasteiger partial charge on any atom is -0.480 e. The summed E-state index contributed by atoms with van der Waals surface area (Å²) < 4.78 is 16.9. The van der Waals surface area contributed by atoms with Crippen molar-refractivity contribution in [3.8, 4) is 0 Å². The third kappa shape index (κ3) is 34.1. The number of fused-ring (bicyclic) bond motifs is 4. The molecule has 113 heavy (non-hydrogen) atoms. The number of carbonyl (C=O) groups excluding carboxylic acids is 12. The van der Waals surface area contributed by atoms with Crippen LogP contribution in [-0.4, -0.2) is 310 Å². The van der Waals surface area contributed by atoms with E-state index in [1.165, 1.54) is 40.2 Å². The zero-order valence-corrected chi connectivity index (χ0v) is 66.9. The predicted molar refractivity (Wildman–Crippen MR) is 425 cm³/mol. The van der Waals surface area contributed by atoms with Crippen LogP contribution in [0.2, 0.25) is 0 Å². The molecule has 9 atom stereocenters. The highest BCUT2D eigenvalue weighted by atomic mass is 32.2. The third-order valence-electron chi connectivity index (χ3n) is 19.5. The number of aliphatic carboxylic acids is 1. The van der Waals surface area contributed by atoms with Crippen LogP contribution in [-0.2, 0) is 94.5 Å². The average Bonchev–Trinajstić information content (AvgIpc) is 1.67. The van der Waals surface area contributed by atoms with E-state index in [1.54, 1.807) is 30.3 Å². The number of nitrogens with one attached hydrogen (secondary N) is 10. The van der Waals surface area contributed by atoms with Gasteiger partial charge in [-0.1, -0.05) is 74.4 Å². The number of ether oxygens (including phenoxy) is 3. The smallest absolute Gasteiger partial charge is 0.327 e. The second kappa shape index (κ2) is 52.4. The van der Waals surface area contributed by atoms with Crippen LogP contribution in [0.25, 0.3) is 0 Å². The SMILES string of the molecule is CCCC[C@H](NC(=O)CCC(=O)NCCCOCCOCCOCCCNC(=O)CN1CCN(C(=O)C(CNCCN)CNCCN)CC1)C(=O)N[C@H]1CSCc2cccc(c2)CSC[C@@H](C(=O)O)NC(=O)[C@H](Cc2ccccc2)NC(=O)[C@H](CCC(N)=O)NC(=O)[C@H]([C@@H](C)O)NC(=O)[C@@H]2CCCN2C(=O)[C@@H]2CCCN2C1=O. The van der Waals surface area contributed by atoms with Gasteiger partial charge in [0, 0.05) is 154 Å². The van der Waals surface area contributed by atoms with Crippen molar-refractivity contribution in [2.75, 3.05) is 149 Å². The Morgan fingerprint density at radius 3 is 1.80 bits per heavy atom. The highest BCUT2D eigenvalue weighted by Gasteiger charge is 2.45. The molecule has 0 aromatic heterocycles. The molecule has 12 amide bonds. The van der Waals surface area contributed by atoms with Gasteiger partial charge >= 0.3 is 5.97 Å². The van der Waals surface area contributed by atoms with Crippen molar-refractivity contribution in [1.82, 2.24) is 72.8 Å². The molecule has 0 spiro atoms. The van der Waals surface area contributed by atoms with Gasteiger partial charge in [-0.3, -0.25) is 62.4 Å².